The number of halogens is 3. The summed E-state index contributed by atoms with van der Waals surface area (Å²) in [6.45, 7) is 2.23. The lowest BCUT2D eigenvalue weighted by Crippen LogP contribution is -2.37. The maximum atomic E-state index is 13.2. The van der Waals surface area contributed by atoms with Gasteiger partial charge in [0.25, 0.3) is 5.92 Å². The van der Waals surface area contributed by atoms with Crippen LogP contribution in [0.1, 0.15) is 22.7 Å². The number of nitrogens with two attached hydrogens (primary N) is 1. The molecule has 2 nitrogen and oxygen atoms in total. The van der Waals surface area contributed by atoms with Crippen molar-refractivity contribution in [1.82, 2.24) is 0 Å². The van der Waals surface area contributed by atoms with Crippen molar-refractivity contribution in [1.29, 1.82) is 0 Å². The molecule has 0 aromatic heterocycles. The van der Waals surface area contributed by atoms with Crippen LogP contribution in [0, 0.1) is 13.8 Å². The van der Waals surface area contributed by atoms with Gasteiger partial charge in [0.2, 0.25) is 0 Å². The molecule has 0 aliphatic heterocycles. The lowest BCUT2D eigenvalue weighted by atomic mass is 9.93. The Balaban J connectivity index is 0.00000225. The predicted molar refractivity (Wildman–Crippen MR) is 62.1 cm³/mol. The van der Waals surface area contributed by atoms with E-state index in [4.69, 9.17) is 10.8 Å². The summed E-state index contributed by atoms with van der Waals surface area (Å²) < 4.78 is 26.4. The van der Waals surface area contributed by atoms with Crippen molar-refractivity contribution in [3.05, 3.63) is 34.9 Å². The van der Waals surface area contributed by atoms with Crippen LogP contribution in [0.5, 0.6) is 0 Å². The first-order valence-electron chi connectivity index (χ1n) is 4.70. The summed E-state index contributed by atoms with van der Waals surface area (Å²) in [4.78, 5) is 0. The third kappa shape index (κ3) is 2.90. The second kappa shape index (κ2) is 5.57. The van der Waals surface area contributed by atoms with Gasteiger partial charge in [-0.05, 0) is 30.5 Å². The van der Waals surface area contributed by atoms with Gasteiger partial charge >= 0.3 is 0 Å². The second-order valence-electron chi connectivity index (χ2n) is 3.70. The molecular formula is C11H16ClF2NO. The summed E-state index contributed by atoms with van der Waals surface area (Å²) in [5.41, 5.74) is 7.32. The van der Waals surface area contributed by atoms with Gasteiger partial charge in [0.05, 0.1) is 6.04 Å². The van der Waals surface area contributed by atoms with Gasteiger partial charge in [0, 0.05) is 0 Å². The number of hydrogen-bond acceptors (Lipinski definition) is 2. The minimum absolute atomic E-state index is 0. The molecule has 0 radical (unpaired) electrons. The van der Waals surface area contributed by atoms with Gasteiger partial charge in [-0.15, -0.1) is 12.4 Å². The number of rotatable bonds is 3. The summed E-state index contributed by atoms with van der Waals surface area (Å²) in [5, 5.41) is 8.58. The van der Waals surface area contributed by atoms with E-state index in [1.165, 1.54) is 0 Å². The van der Waals surface area contributed by atoms with Crippen LogP contribution in [0.4, 0.5) is 8.78 Å². The molecule has 0 saturated heterocycles. The smallest absolute Gasteiger partial charge is 0.289 e. The van der Waals surface area contributed by atoms with E-state index in [-0.39, 0.29) is 12.4 Å². The molecule has 0 fully saturated rings. The van der Waals surface area contributed by atoms with Gasteiger partial charge in [0.15, 0.2) is 0 Å². The highest BCUT2D eigenvalue weighted by molar-refractivity contribution is 5.85. The van der Waals surface area contributed by atoms with Crippen molar-refractivity contribution in [2.75, 3.05) is 6.61 Å². The number of aliphatic hydroxyl groups is 1. The van der Waals surface area contributed by atoms with Gasteiger partial charge in [0.1, 0.15) is 6.61 Å². The topological polar surface area (TPSA) is 46.2 Å². The standard InChI is InChI=1S/C11H15F2NO.ClH/c1-7-4-3-5-8(2)9(7)10(14)11(12,13)6-15;/h3-5,10,15H,6,14H2,1-2H3;1H/t10-;/m0./s1. The fourth-order valence-corrected chi connectivity index (χ4v) is 1.63. The summed E-state index contributed by atoms with van der Waals surface area (Å²) >= 11 is 0. The Morgan fingerprint density at radius 3 is 2.12 bits per heavy atom. The fourth-order valence-electron chi connectivity index (χ4n) is 1.63. The van der Waals surface area contributed by atoms with Crippen LogP contribution in [0.2, 0.25) is 0 Å². The number of alkyl halides is 2. The van der Waals surface area contributed by atoms with Gasteiger partial charge in [-0.25, -0.2) is 8.78 Å². The van der Waals surface area contributed by atoms with Crippen LogP contribution in [0.3, 0.4) is 0 Å². The molecule has 16 heavy (non-hydrogen) atoms. The monoisotopic (exact) mass is 251 g/mol. The molecule has 92 valence electrons. The molecule has 0 heterocycles. The second-order valence-corrected chi connectivity index (χ2v) is 3.70. The maximum Gasteiger partial charge on any atom is 0.289 e. The first kappa shape index (κ1) is 15.3. The Labute approximate surface area is 99.9 Å². The first-order valence-corrected chi connectivity index (χ1v) is 4.70. The summed E-state index contributed by atoms with van der Waals surface area (Å²) in [6, 6.07) is 3.80. The van der Waals surface area contributed by atoms with E-state index in [1.807, 2.05) is 0 Å². The molecule has 0 saturated carbocycles. The Morgan fingerprint density at radius 2 is 1.75 bits per heavy atom. The summed E-state index contributed by atoms with van der Waals surface area (Å²) in [7, 11) is 0. The van der Waals surface area contributed by atoms with Crippen LogP contribution in [0.15, 0.2) is 18.2 Å². The number of benzene rings is 1. The zero-order valence-corrected chi connectivity index (χ0v) is 10.0. The zero-order valence-electron chi connectivity index (χ0n) is 9.21. The molecule has 0 unspecified atom stereocenters. The fraction of sp³-hybridized carbons (Fsp3) is 0.455. The normalized spacial score (nSPS) is 13.1. The van der Waals surface area contributed by atoms with Crippen LogP contribution in [-0.2, 0) is 0 Å². The Hall–Kier alpha value is -0.710. The SMILES string of the molecule is Cc1cccc(C)c1[C@H](N)C(F)(F)CO.Cl. The van der Waals surface area contributed by atoms with Gasteiger partial charge in [-0.1, -0.05) is 18.2 Å². The molecule has 0 bridgehead atoms. The van der Waals surface area contributed by atoms with E-state index in [1.54, 1.807) is 32.0 Å². The largest absolute Gasteiger partial charge is 0.390 e. The predicted octanol–water partition coefficient (Wildman–Crippen LogP) is 2.35. The maximum absolute atomic E-state index is 13.2. The van der Waals surface area contributed by atoms with Crippen molar-refractivity contribution in [3.63, 3.8) is 0 Å². The third-order valence-corrected chi connectivity index (χ3v) is 2.52. The minimum atomic E-state index is -3.28. The van der Waals surface area contributed by atoms with Crippen molar-refractivity contribution in [2.24, 2.45) is 5.73 Å². The first-order chi connectivity index (χ1) is 6.90. The minimum Gasteiger partial charge on any atom is -0.390 e. The molecule has 3 N–H and O–H groups in total. The van der Waals surface area contributed by atoms with Crippen LogP contribution in [0.25, 0.3) is 0 Å². The van der Waals surface area contributed by atoms with Crippen LogP contribution < -0.4 is 5.73 Å². The number of aliphatic hydroxyl groups excluding tert-OH is 1. The average molecular weight is 252 g/mol. The number of aryl methyl sites for hydroxylation is 2. The van der Waals surface area contributed by atoms with E-state index in [0.717, 1.165) is 11.1 Å². The highest BCUT2D eigenvalue weighted by Crippen LogP contribution is 2.32. The molecular weight excluding hydrogens is 236 g/mol. The van der Waals surface area contributed by atoms with E-state index in [2.05, 4.69) is 0 Å². The summed E-state index contributed by atoms with van der Waals surface area (Å²) in [6.07, 6.45) is 0. The van der Waals surface area contributed by atoms with Crippen molar-refractivity contribution < 1.29 is 13.9 Å². The third-order valence-electron chi connectivity index (χ3n) is 2.52. The number of hydrogen-bond donors (Lipinski definition) is 2. The van der Waals surface area contributed by atoms with Crippen LogP contribution >= 0.6 is 12.4 Å². The van der Waals surface area contributed by atoms with E-state index < -0.39 is 18.6 Å². The van der Waals surface area contributed by atoms with Gasteiger partial charge in [-0.3, -0.25) is 0 Å². The van der Waals surface area contributed by atoms with Crippen molar-refractivity contribution in [2.45, 2.75) is 25.8 Å². The van der Waals surface area contributed by atoms with Crippen molar-refractivity contribution in [3.8, 4) is 0 Å². The molecule has 0 amide bonds. The van der Waals surface area contributed by atoms with Gasteiger partial charge < -0.3 is 10.8 Å². The van der Waals surface area contributed by atoms with Crippen LogP contribution in [-0.4, -0.2) is 17.6 Å². The molecule has 0 spiro atoms. The Kier molecular flexibility index (Phi) is 5.32. The highest BCUT2D eigenvalue weighted by Gasteiger charge is 2.38. The van der Waals surface area contributed by atoms with E-state index in [9.17, 15) is 8.78 Å². The van der Waals surface area contributed by atoms with E-state index >= 15 is 0 Å². The molecule has 0 aliphatic carbocycles. The Morgan fingerprint density at radius 1 is 1.31 bits per heavy atom. The summed E-state index contributed by atoms with van der Waals surface area (Å²) in [5.74, 6) is -3.28. The highest BCUT2D eigenvalue weighted by atomic mass is 35.5. The van der Waals surface area contributed by atoms with Gasteiger partial charge in [-0.2, -0.15) is 0 Å². The molecule has 1 aromatic carbocycles. The van der Waals surface area contributed by atoms with E-state index in [0.29, 0.717) is 5.56 Å². The molecule has 0 aliphatic rings. The average Bonchev–Trinajstić information content (AvgIpc) is 2.17. The van der Waals surface area contributed by atoms with Crippen molar-refractivity contribution >= 4 is 12.4 Å². The Bertz CT molecular complexity index is 338. The molecule has 1 aromatic rings. The quantitative estimate of drug-likeness (QED) is 0.866. The molecule has 5 heteroatoms. The lowest BCUT2D eigenvalue weighted by Gasteiger charge is -2.24. The zero-order chi connectivity index (χ0) is 11.6. The lowest BCUT2D eigenvalue weighted by molar-refractivity contribution is -0.0714. The molecule has 1 rings (SSSR count). The molecule has 1 atom stereocenters.